The molecule has 5 nitrogen and oxygen atoms in total. The second-order valence-electron chi connectivity index (χ2n) is 5.99. The lowest BCUT2D eigenvalue weighted by molar-refractivity contribution is 0.0697. The van der Waals surface area contributed by atoms with E-state index in [0.717, 1.165) is 22.3 Å². The van der Waals surface area contributed by atoms with Gasteiger partial charge in [0.25, 0.3) is 0 Å². The van der Waals surface area contributed by atoms with Crippen LogP contribution in [0.3, 0.4) is 0 Å². The fourth-order valence-electron chi connectivity index (χ4n) is 2.57. The number of aromatic carboxylic acids is 1. The summed E-state index contributed by atoms with van der Waals surface area (Å²) in [5.74, 6) is -0.942. The standard InChI is InChI=1S/C22H19NO4/c24-21(25)20-12-10-19(11-13-20)18-8-6-16(7-9-18)14-23-22(26)27-15-17-4-2-1-3-5-17/h1-13H,14-15H2,(H,23,26)(H,24,25). The largest absolute Gasteiger partial charge is 0.478 e. The fourth-order valence-corrected chi connectivity index (χ4v) is 2.57. The summed E-state index contributed by atoms with van der Waals surface area (Å²) >= 11 is 0. The van der Waals surface area contributed by atoms with Crippen LogP contribution < -0.4 is 5.32 Å². The van der Waals surface area contributed by atoms with Crippen LogP contribution in [0.25, 0.3) is 11.1 Å². The third kappa shape index (κ3) is 5.19. The molecule has 0 fully saturated rings. The van der Waals surface area contributed by atoms with E-state index in [1.165, 1.54) is 0 Å². The number of benzene rings is 3. The van der Waals surface area contributed by atoms with Crippen molar-refractivity contribution in [3.8, 4) is 11.1 Å². The molecule has 0 aromatic heterocycles. The average molecular weight is 361 g/mol. The van der Waals surface area contributed by atoms with E-state index in [2.05, 4.69) is 5.32 Å². The molecule has 1 amide bonds. The number of carbonyl (C=O) groups is 2. The lowest BCUT2D eigenvalue weighted by atomic mass is 10.0. The van der Waals surface area contributed by atoms with Gasteiger partial charge in [-0.25, -0.2) is 9.59 Å². The highest BCUT2D eigenvalue weighted by molar-refractivity contribution is 5.88. The van der Waals surface area contributed by atoms with E-state index >= 15 is 0 Å². The summed E-state index contributed by atoms with van der Waals surface area (Å²) in [6, 6.07) is 23.9. The Morgan fingerprint density at radius 2 is 1.37 bits per heavy atom. The van der Waals surface area contributed by atoms with Gasteiger partial charge >= 0.3 is 12.1 Å². The molecule has 0 aliphatic rings. The number of ether oxygens (including phenoxy) is 1. The van der Waals surface area contributed by atoms with Crippen LogP contribution in [-0.2, 0) is 17.9 Å². The van der Waals surface area contributed by atoms with Crippen molar-refractivity contribution in [3.05, 3.63) is 95.6 Å². The SMILES string of the molecule is O=C(NCc1ccc(-c2ccc(C(=O)O)cc2)cc1)OCc1ccccc1. The molecule has 0 bridgehead atoms. The zero-order valence-electron chi connectivity index (χ0n) is 14.6. The molecular weight excluding hydrogens is 342 g/mol. The van der Waals surface area contributed by atoms with Crippen molar-refractivity contribution >= 4 is 12.1 Å². The molecule has 0 spiro atoms. The zero-order chi connectivity index (χ0) is 19.1. The molecule has 0 saturated heterocycles. The van der Waals surface area contributed by atoms with Crippen molar-refractivity contribution in [1.82, 2.24) is 5.32 Å². The summed E-state index contributed by atoms with van der Waals surface area (Å²) in [7, 11) is 0. The first-order valence-corrected chi connectivity index (χ1v) is 8.49. The lowest BCUT2D eigenvalue weighted by Gasteiger charge is -2.08. The van der Waals surface area contributed by atoms with Crippen molar-refractivity contribution in [2.24, 2.45) is 0 Å². The molecule has 0 heterocycles. The van der Waals surface area contributed by atoms with Gasteiger partial charge in [0.1, 0.15) is 6.61 Å². The highest BCUT2D eigenvalue weighted by Gasteiger charge is 2.05. The summed E-state index contributed by atoms with van der Waals surface area (Å²) in [6.07, 6.45) is -0.466. The third-order valence-electron chi connectivity index (χ3n) is 4.07. The molecule has 136 valence electrons. The van der Waals surface area contributed by atoms with E-state index in [-0.39, 0.29) is 12.2 Å². The minimum Gasteiger partial charge on any atom is -0.478 e. The molecule has 3 aromatic rings. The van der Waals surface area contributed by atoms with Crippen molar-refractivity contribution < 1.29 is 19.4 Å². The van der Waals surface area contributed by atoms with E-state index in [9.17, 15) is 9.59 Å². The molecule has 27 heavy (non-hydrogen) atoms. The first kappa shape index (κ1) is 18.2. The minimum absolute atomic E-state index is 0.234. The Morgan fingerprint density at radius 1 is 0.778 bits per heavy atom. The molecule has 0 aliphatic heterocycles. The molecule has 2 N–H and O–H groups in total. The van der Waals surface area contributed by atoms with E-state index in [0.29, 0.717) is 6.54 Å². The van der Waals surface area contributed by atoms with E-state index < -0.39 is 12.1 Å². The molecule has 0 radical (unpaired) electrons. The van der Waals surface area contributed by atoms with Gasteiger partial charge in [-0.15, -0.1) is 0 Å². The Hall–Kier alpha value is -3.60. The molecular formula is C22H19NO4. The van der Waals surface area contributed by atoms with Crippen LogP contribution in [0.4, 0.5) is 4.79 Å². The topological polar surface area (TPSA) is 75.6 Å². The lowest BCUT2D eigenvalue weighted by Crippen LogP contribution is -2.23. The van der Waals surface area contributed by atoms with Gasteiger partial charge in [-0.1, -0.05) is 66.7 Å². The van der Waals surface area contributed by atoms with Crippen LogP contribution >= 0.6 is 0 Å². The van der Waals surface area contributed by atoms with Crippen LogP contribution in [0.2, 0.25) is 0 Å². The second kappa shape index (κ2) is 8.67. The van der Waals surface area contributed by atoms with Gasteiger partial charge in [0.15, 0.2) is 0 Å². The van der Waals surface area contributed by atoms with Gasteiger partial charge in [0.05, 0.1) is 5.56 Å². The first-order chi connectivity index (χ1) is 13.1. The zero-order valence-corrected chi connectivity index (χ0v) is 14.6. The van der Waals surface area contributed by atoms with Gasteiger partial charge in [0, 0.05) is 6.54 Å². The number of nitrogens with one attached hydrogen (secondary N) is 1. The number of carbonyl (C=O) groups excluding carboxylic acids is 1. The fraction of sp³-hybridized carbons (Fsp3) is 0.0909. The number of amides is 1. The van der Waals surface area contributed by atoms with Gasteiger partial charge in [-0.2, -0.15) is 0 Å². The number of rotatable bonds is 6. The smallest absolute Gasteiger partial charge is 0.407 e. The molecule has 0 atom stereocenters. The van der Waals surface area contributed by atoms with Crippen LogP contribution in [0, 0.1) is 0 Å². The van der Waals surface area contributed by atoms with Gasteiger partial charge in [-0.3, -0.25) is 0 Å². The number of hydrogen-bond donors (Lipinski definition) is 2. The number of carboxylic acid groups (broad SMARTS) is 1. The summed E-state index contributed by atoms with van der Waals surface area (Å²) < 4.78 is 5.18. The minimum atomic E-state index is -0.942. The Balaban J connectivity index is 1.51. The number of hydrogen-bond acceptors (Lipinski definition) is 3. The summed E-state index contributed by atoms with van der Waals surface area (Å²) in [5, 5.41) is 11.7. The molecule has 0 unspecified atom stereocenters. The monoisotopic (exact) mass is 361 g/mol. The van der Waals surface area contributed by atoms with E-state index in [1.54, 1.807) is 24.3 Å². The number of carboxylic acids is 1. The van der Waals surface area contributed by atoms with Crippen LogP contribution in [0.5, 0.6) is 0 Å². The Labute approximate surface area is 157 Å². The molecule has 5 heteroatoms. The predicted molar refractivity (Wildman–Crippen MR) is 102 cm³/mol. The maximum Gasteiger partial charge on any atom is 0.407 e. The summed E-state index contributed by atoms with van der Waals surface area (Å²) in [6.45, 7) is 0.601. The molecule has 3 rings (SSSR count). The van der Waals surface area contributed by atoms with Crippen LogP contribution in [-0.4, -0.2) is 17.2 Å². The van der Waals surface area contributed by atoms with Crippen molar-refractivity contribution in [1.29, 1.82) is 0 Å². The second-order valence-corrected chi connectivity index (χ2v) is 5.99. The van der Waals surface area contributed by atoms with Crippen LogP contribution in [0.1, 0.15) is 21.5 Å². The first-order valence-electron chi connectivity index (χ1n) is 8.49. The Bertz CT molecular complexity index is 903. The average Bonchev–Trinajstić information content (AvgIpc) is 2.72. The Kier molecular flexibility index (Phi) is 5.84. The summed E-state index contributed by atoms with van der Waals surface area (Å²) in [4.78, 5) is 22.7. The van der Waals surface area contributed by atoms with Gasteiger partial charge in [0.2, 0.25) is 0 Å². The third-order valence-corrected chi connectivity index (χ3v) is 4.07. The quantitative estimate of drug-likeness (QED) is 0.679. The molecule has 0 saturated carbocycles. The van der Waals surface area contributed by atoms with Crippen molar-refractivity contribution in [2.45, 2.75) is 13.2 Å². The van der Waals surface area contributed by atoms with Gasteiger partial charge in [-0.05, 0) is 34.4 Å². The van der Waals surface area contributed by atoms with Crippen molar-refractivity contribution in [3.63, 3.8) is 0 Å². The number of alkyl carbamates (subject to hydrolysis) is 1. The highest BCUT2D eigenvalue weighted by Crippen LogP contribution is 2.20. The maximum absolute atomic E-state index is 11.8. The summed E-state index contributed by atoms with van der Waals surface area (Å²) in [5.41, 5.74) is 4.04. The van der Waals surface area contributed by atoms with E-state index in [1.807, 2.05) is 54.6 Å². The van der Waals surface area contributed by atoms with Crippen molar-refractivity contribution in [2.75, 3.05) is 0 Å². The highest BCUT2D eigenvalue weighted by atomic mass is 16.5. The molecule has 3 aromatic carbocycles. The Morgan fingerprint density at radius 3 is 1.96 bits per heavy atom. The van der Waals surface area contributed by atoms with Gasteiger partial charge < -0.3 is 15.2 Å². The predicted octanol–water partition coefficient (Wildman–Crippen LogP) is 4.48. The van der Waals surface area contributed by atoms with Crippen LogP contribution in [0.15, 0.2) is 78.9 Å². The van der Waals surface area contributed by atoms with E-state index in [4.69, 9.17) is 9.84 Å². The normalized spacial score (nSPS) is 10.2. The maximum atomic E-state index is 11.8. The molecule has 0 aliphatic carbocycles.